The second-order valence-corrected chi connectivity index (χ2v) is 15.0. The minimum atomic E-state index is -1.44. The summed E-state index contributed by atoms with van der Waals surface area (Å²) in [6.07, 6.45) is 4.30. The number of urea groups is 1. The van der Waals surface area contributed by atoms with Gasteiger partial charge in [0.05, 0.1) is 0 Å². The summed E-state index contributed by atoms with van der Waals surface area (Å²) in [6.45, 7) is 7.24. The first-order valence-electron chi connectivity index (χ1n) is 20.3. The molecule has 3 heterocycles. The number of cyclic esters (lactones) is 1. The van der Waals surface area contributed by atoms with Crippen LogP contribution in [0.1, 0.15) is 83.8 Å². The Hall–Kier alpha value is -5.47. The van der Waals surface area contributed by atoms with Crippen LogP contribution in [0.5, 0.6) is 0 Å². The third kappa shape index (κ3) is 10.7. The van der Waals surface area contributed by atoms with E-state index in [1.807, 2.05) is 56.3 Å². The van der Waals surface area contributed by atoms with Crippen LogP contribution in [0.2, 0.25) is 0 Å². The van der Waals surface area contributed by atoms with Crippen molar-refractivity contribution in [2.45, 2.75) is 122 Å². The van der Waals surface area contributed by atoms with Crippen LogP contribution in [0.4, 0.5) is 10.5 Å². The maximum atomic E-state index is 14.6. The van der Waals surface area contributed by atoms with E-state index in [1.165, 1.54) is 14.7 Å². The molecule has 0 aromatic heterocycles. The number of likely N-dealkylation sites (N-methyl/N-ethyl adjacent to an activating group) is 1. The average molecular weight is 788 g/mol. The second-order valence-electron chi connectivity index (χ2n) is 15.0. The van der Waals surface area contributed by atoms with E-state index in [0.29, 0.717) is 50.8 Å². The highest BCUT2D eigenvalue weighted by Crippen LogP contribution is 2.26. The number of amides is 7. The lowest BCUT2D eigenvalue weighted by atomic mass is 9.99. The predicted molar refractivity (Wildman–Crippen MR) is 213 cm³/mol. The molecule has 5 rings (SSSR count). The normalized spacial score (nSPS) is 24.2. The van der Waals surface area contributed by atoms with Gasteiger partial charge in [0.15, 0.2) is 0 Å². The summed E-state index contributed by atoms with van der Waals surface area (Å²) >= 11 is 0. The standard InChI is InChI=1S/C42H57N7O8/c1-5-14-35-41(55)57-26-32(45-36(50)31(25-29-15-9-8-10-16-29)46-42(56)44-30-21-19-28(6-2)20-22-30)39(53)49-24-13-18-34(49)40(54)48-23-12-11-17-33(48)37(51)43-27(4)38(52)47(35)7-3/h8-10,15-16,19-22,27,31-35H,5-7,11-14,17-18,23-26H2,1-4H3,(H,43,51)(H,45,50)(H2,44,46,56)/t27-,31-,32-,33-,34-,35-/m0/s1. The van der Waals surface area contributed by atoms with Gasteiger partial charge < -0.3 is 40.7 Å². The summed E-state index contributed by atoms with van der Waals surface area (Å²) in [5, 5.41) is 11.1. The monoisotopic (exact) mass is 787 g/mol. The molecule has 0 aliphatic carbocycles. The molecule has 4 N–H and O–H groups in total. The molecule has 0 spiro atoms. The molecule has 57 heavy (non-hydrogen) atoms. The molecule has 15 heteroatoms. The van der Waals surface area contributed by atoms with Gasteiger partial charge >= 0.3 is 12.0 Å². The number of hydrogen-bond acceptors (Lipinski definition) is 8. The van der Waals surface area contributed by atoms with Crippen LogP contribution < -0.4 is 21.3 Å². The Labute approximate surface area is 334 Å². The Kier molecular flexibility index (Phi) is 15.0. The Morgan fingerprint density at radius 1 is 0.825 bits per heavy atom. The number of hydrogen-bond donors (Lipinski definition) is 4. The number of fused-ring (bicyclic) bond motifs is 2. The van der Waals surface area contributed by atoms with Crippen LogP contribution in [-0.4, -0.2) is 119 Å². The lowest BCUT2D eigenvalue weighted by Crippen LogP contribution is -2.62. The van der Waals surface area contributed by atoms with Gasteiger partial charge in [-0.15, -0.1) is 0 Å². The van der Waals surface area contributed by atoms with Crippen LogP contribution in [0, 0.1) is 0 Å². The predicted octanol–water partition coefficient (Wildman–Crippen LogP) is 2.92. The maximum Gasteiger partial charge on any atom is 0.328 e. The first-order chi connectivity index (χ1) is 27.4. The van der Waals surface area contributed by atoms with E-state index < -0.39 is 78.5 Å². The fourth-order valence-corrected chi connectivity index (χ4v) is 7.89. The van der Waals surface area contributed by atoms with E-state index in [1.54, 1.807) is 26.0 Å². The van der Waals surface area contributed by atoms with Crippen LogP contribution in [0.3, 0.4) is 0 Å². The number of aryl methyl sites for hydroxylation is 1. The van der Waals surface area contributed by atoms with Crippen molar-refractivity contribution >= 4 is 47.2 Å². The van der Waals surface area contributed by atoms with Crippen molar-refractivity contribution in [3.8, 4) is 0 Å². The Morgan fingerprint density at radius 2 is 1.51 bits per heavy atom. The fourth-order valence-electron chi connectivity index (χ4n) is 7.89. The number of esters is 1. The Morgan fingerprint density at radius 3 is 2.19 bits per heavy atom. The number of piperidine rings is 1. The van der Waals surface area contributed by atoms with Crippen molar-refractivity contribution in [3.05, 3.63) is 65.7 Å². The molecule has 0 unspecified atom stereocenters. The van der Waals surface area contributed by atoms with Crippen molar-refractivity contribution in [3.63, 3.8) is 0 Å². The van der Waals surface area contributed by atoms with Gasteiger partial charge in [0, 0.05) is 31.7 Å². The number of rotatable bonds is 10. The van der Waals surface area contributed by atoms with Gasteiger partial charge in [-0.05, 0) is 82.1 Å². The highest BCUT2D eigenvalue weighted by atomic mass is 16.5. The van der Waals surface area contributed by atoms with Gasteiger partial charge in [-0.1, -0.05) is 62.7 Å². The van der Waals surface area contributed by atoms with Crippen LogP contribution >= 0.6 is 0 Å². The van der Waals surface area contributed by atoms with E-state index in [4.69, 9.17) is 4.74 Å². The number of ether oxygens (including phenoxy) is 1. The minimum absolute atomic E-state index is 0.0726. The summed E-state index contributed by atoms with van der Waals surface area (Å²) in [4.78, 5) is 102. The SMILES string of the molecule is CCC[C@H]1C(=O)OC[C@H](NC(=O)[C@H](Cc2ccccc2)NC(=O)Nc2ccc(CC)cc2)C(=O)N2CCC[C@H]2C(=O)N2CCCC[C@H]2C(=O)N[C@@H](C)C(=O)N1CC. The molecule has 0 saturated carbocycles. The number of benzene rings is 2. The van der Waals surface area contributed by atoms with Crippen LogP contribution in [-0.2, 0) is 46.3 Å². The largest absolute Gasteiger partial charge is 0.461 e. The van der Waals surface area contributed by atoms with Crippen molar-refractivity contribution in [2.75, 3.05) is 31.6 Å². The molecule has 3 saturated heterocycles. The zero-order valence-electron chi connectivity index (χ0n) is 33.5. The molecule has 2 aromatic rings. The van der Waals surface area contributed by atoms with Crippen LogP contribution in [0.15, 0.2) is 54.6 Å². The fraction of sp³-hybridized carbons (Fsp3) is 0.548. The number of carbonyl (C=O) groups is 7. The van der Waals surface area contributed by atoms with E-state index in [-0.39, 0.29) is 31.8 Å². The number of anilines is 1. The second kappa shape index (κ2) is 20.1. The quantitative estimate of drug-likeness (QED) is 0.265. The van der Waals surface area contributed by atoms with Gasteiger partial charge in [0.25, 0.3) is 0 Å². The van der Waals surface area contributed by atoms with Crippen molar-refractivity contribution in [1.29, 1.82) is 0 Å². The van der Waals surface area contributed by atoms with Gasteiger partial charge in [-0.25, -0.2) is 9.59 Å². The summed E-state index contributed by atoms with van der Waals surface area (Å²) in [7, 11) is 0. The van der Waals surface area contributed by atoms with Gasteiger partial charge in [0.2, 0.25) is 29.5 Å². The molecule has 3 fully saturated rings. The third-order valence-corrected chi connectivity index (χ3v) is 11.0. The molecule has 6 atom stereocenters. The molecule has 2 aromatic carbocycles. The van der Waals surface area contributed by atoms with Crippen LogP contribution in [0.25, 0.3) is 0 Å². The first kappa shape index (κ1) is 42.7. The molecule has 7 amide bonds. The molecule has 3 aliphatic heterocycles. The average Bonchev–Trinajstić information content (AvgIpc) is 3.72. The molecule has 308 valence electrons. The lowest BCUT2D eigenvalue weighted by molar-refractivity contribution is -0.160. The topological polar surface area (TPSA) is 187 Å². The Balaban J connectivity index is 1.47. The smallest absolute Gasteiger partial charge is 0.328 e. The van der Waals surface area contributed by atoms with E-state index in [0.717, 1.165) is 17.5 Å². The summed E-state index contributed by atoms with van der Waals surface area (Å²) in [6, 6.07) is 9.36. The first-order valence-corrected chi connectivity index (χ1v) is 20.3. The molecular weight excluding hydrogens is 731 g/mol. The highest BCUT2D eigenvalue weighted by Gasteiger charge is 2.44. The number of carbonyl (C=O) groups excluding carboxylic acids is 7. The third-order valence-electron chi connectivity index (χ3n) is 11.0. The molecule has 15 nitrogen and oxygen atoms in total. The summed E-state index contributed by atoms with van der Waals surface area (Å²) in [5.74, 6) is -3.47. The lowest BCUT2D eigenvalue weighted by Gasteiger charge is -2.39. The molecule has 3 aliphatic rings. The van der Waals surface area contributed by atoms with Gasteiger partial charge in [0.1, 0.15) is 42.9 Å². The number of nitrogens with zero attached hydrogens (tertiary/aromatic N) is 3. The summed E-state index contributed by atoms with van der Waals surface area (Å²) in [5.41, 5.74) is 2.36. The van der Waals surface area contributed by atoms with E-state index >= 15 is 0 Å². The molecular formula is C42H57N7O8. The molecule has 0 radical (unpaired) electrons. The minimum Gasteiger partial charge on any atom is -0.461 e. The van der Waals surface area contributed by atoms with Gasteiger partial charge in [-0.3, -0.25) is 24.0 Å². The Bertz CT molecular complexity index is 1760. The van der Waals surface area contributed by atoms with E-state index in [9.17, 15) is 33.6 Å². The number of nitrogens with one attached hydrogen (secondary N) is 4. The molecule has 0 bridgehead atoms. The van der Waals surface area contributed by atoms with Crippen molar-refractivity contribution in [2.24, 2.45) is 0 Å². The summed E-state index contributed by atoms with van der Waals surface area (Å²) < 4.78 is 5.79. The highest BCUT2D eigenvalue weighted by molar-refractivity contribution is 5.98. The maximum absolute atomic E-state index is 14.6. The van der Waals surface area contributed by atoms with Gasteiger partial charge in [-0.2, -0.15) is 0 Å². The zero-order valence-corrected chi connectivity index (χ0v) is 33.5. The van der Waals surface area contributed by atoms with E-state index in [2.05, 4.69) is 21.3 Å². The van der Waals surface area contributed by atoms with Crippen molar-refractivity contribution in [1.82, 2.24) is 30.7 Å². The zero-order chi connectivity index (χ0) is 41.1. The van der Waals surface area contributed by atoms with Crippen molar-refractivity contribution < 1.29 is 38.3 Å².